The summed E-state index contributed by atoms with van der Waals surface area (Å²) in [4.78, 5) is 36.4. The van der Waals surface area contributed by atoms with Gasteiger partial charge in [0, 0.05) is 28.9 Å². The lowest BCUT2D eigenvalue weighted by atomic mass is 9.97. The van der Waals surface area contributed by atoms with Crippen molar-refractivity contribution in [1.82, 2.24) is 0 Å². The molecular formula is C22H15ClN2O6. The van der Waals surface area contributed by atoms with Crippen LogP contribution in [0.5, 0.6) is 11.5 Å². The molecule has 9 heteroatoms. The van der Waals surface area contributed by atoms with Gasteiger partial charge in [-0.1, -0.05) is 29.8 Å². The molecule has 0 bridgehead atoms. The fraction of sp³-hybridized carbons (Fsp3) is 0.0909. The van der Waals surface area contributed by atoms with Gasteiger partial charge in [0.25, 0.3) is 11.6 Å². The van der Waals surface area contributed by atoms with Crippen LogP contribution < -0.4 is 14.8 Å². The number of ketones is 1. The quantitative estimate of drug-likeness (QED) is 0.357. The third-order valence-corrected chi connectivity index (χ3v) is 4.94. The van der Waals surface area contributed by atoms with Crippen molar-refractivity contribution >= 4 is 34.7 Å². The predicted molar refractivity (Wildman–Crippen MR) is 113 cm³/mol. The van der Waals surface area contributed by atoms with E-state index in [-0.39, 0.29) is 27.4 Å². The molecule has 1 aliphatic heterocycles. The fourth-order valence-electron chi connectivity index (χ4n) is 3.15. The fourth-order valence-corrected chi connectivity index (χ4v) is 3.33. The second-order valence-electron chi connectivity index (χ2n) is 6.61. The van der Waals surface area contributed by atoms with Gasteiger partial charge < -0.3 is 14.8 Å². The summed E-state index contributed by atoms with van der Waals surface area (Å²) in [5.74, 6) is 0.0582. The number of ether oxygens (including phenoxy) is 2. The van der Waals surface area contributed by atoms with Gasteiger partial charge in [0.15, 0.2) is 17.3 Å². The summed E-state index contributed by atoms with van der Waals surface area (Å²) < 4.78 is 11.0. The molecule has 1 amide bonds. The molecule has 0 aliphatic carbocycles. The molecule has 0 fully saturated rings. The summed E-state index contributed by atoms with van der Waals surface area (Å²) in [6.07, 6.45) is 0. The first-order chi connectivity index (χ1) is 14.9. The number of fused-ring (bicyclic) bond motifs is 1. The van der Waals surface area contributed by atoms with Gasteiger partial charge in [0.1, 0.15) is 18.2 Å². The number of anilines is 1. The smallest absolute Gasteiger partial charge is 0.288 e. The lowest BCUT2D eigenvalue weighted by Gasteiger charge is -2.19. The zero-order valence-corrected chi connectivity index (χ0v) is 16.7. The largest absolute Gasteiger partial charge is 0.486 e. The Hall–Kier alpha value is -3.91. The number of amides is 1. The molecule has 1 N–H and O–H groups in total. The molecule has 1 heterocycles. The Balaban J connectivity index is 1.63. The maximum Gasteiger partial charge on any atom is 0.288 e. The predicted octanol–water partition coefficient (Wildman–Crippen LogP) is 4.50. The monoisotopic (exact) mass is 438 g/mol. The minimum atomic E-state index is -0.667. The number of nitrogens with one attached hydrogen (secondary N) is 1. The Morgan fingerprint density at radius 2 is 1.65 bits per heavy atom. The van der Waals surface area contributed by atoms with Crippen molar-refractivity contribution in [3.05, 3.63) is 92.5 Å². The van der Waals surface area contributed by atoms with Crippen molar-refractivity contribution in [1.29, 1.82) is 0 Å². The van der Waals surface area contributed by atoms with Crippen molar-refractivity contribution < 1.29 is 24.0 Å². The number of hydrogen-bond donors (Lipinski definition) is 1. The number of halogens is 1. The molecule has 31 heavy (non-hydrogen) atoms. The third kappa shape index (κ3) is 4.19. The van der Waals surface area contributed by atoms with E-state index in [1.54, 1.807) is 30.3 Å². The maximum absolute atomic E-state index is 13.0. The van der Waals surface area contributed by atoms with E-state index < -0.39 is 16.6 Å². The number of benzene rings is 3. The normalized spacial score (nSPS) is 12.2. The number of nitrogens with zero attached hydrogens (tertiary/aromatic N) is 1. The van der Waals surface area contributed by atoms with Crippen LogP contribution >= 0.6 is 11.6 Å². The van der Waals surface area contributed by atoms with Crippen LogP contribution in [0.2, 0.25) is 5.02 Å². The second-order valence-corrected chi connectivity index (χ2v) is 7.02. The van der Waals surface area contributed by atoms with E-state index in [1.165, 1.54) is 24.3 Å². The number of rotatable bonds is 5. The molecule has 0 saturated heterocycles. The average molecular weight is 439 g/mol. The van der Waals surface area contributed by atoms with Crippen molar-refractivity contribution in [2.45, 2.75) is 0 Å². The molecule has 0 aromatic heterocycles. The van der Waals surface area contributed by atoms with Crippen molar-refractivity contribution in [2.24, 2.45) is 0 Å². The van der Waals surface area contributed by atoms with E-state index in [0.717, 1.165) is 6.07 Å². The zero-order chi connectivity index (χ0) is 22.0. The Labute approximate surface area is 181 Å². The van der Waals surface area contributed by atoms with Crippen LogP contribution in [0.15, 0.2) is 60.7 Å². The van der Waals surface area contributed by atoms with E-state index in [0.29, 0.717) is 30.4 Å². The number of carbonyl (C=O) groups excluding carboxylic acids is 2. The van der Waals surface area contributed by atoms with Crippen LogP contribution in [0.1, 0.15) is 26.3 Å². The molecule has 156 valence electrons. The Bertz CT molecular complexity index is 1210. The SMILES string of the molecule is O=C(Nc1ccc2c(c1)OCCO2)c1ccccc1C(=O)c1ccc(Cl)c([N+](=O)[O-])c1. The van der Waals surface area contributed by atoms with Gasteiger partial charge in [-0.15, -0.1) is 0 Å². The highest BCUT2D eigenvalue weighted by Gasteiger charge is 2.22. The van der Waals surface area contributed by atoms with E-state index in [2.05, 4.69) is 5.32 Å². The first kappa shape index (κ1) is 20.4. The van der Waals surface area contributed by atoms with Crippen LogP contribution in [0.25, 0.3) is 0 Å². The number of carbonyl (C=O) groups is 2. The summed E-state index contributed by atoms with van der Waals surface area (Å²) in [6, 6.07) is 15.0. The van der Waals surface area contributed by atoms with Gasteiger partial charge in [-0.05, 0) is 30.3 Å². The van der Waals surface area contributed by atoms with E-state index in [1.807, 2.05) is 0 Å². The van der Waals surface area contributed by atoms with Crippen LogP contribution in [-0.4, -0.2) is 29.8 Å². The van der Waals surface area contributed by atoms with Crippen LogP contribution in [0, 0.1) is 10.1 Å². The molecule has 0 radical (unpaired) electrons. The lowest BCUT2D eigenvalue weighted by molar-refractivity contribution is -0.384. The van der Waals surface area contributed by atoms with E-state index in [9.17, 15) is 19.7 Å². The first-order valence-corrected chi connectivity index (χ1v) is 9.60. The van der Waals surface area contributed by atoms with Gasteiger partial charge >= 0.3 is 0 Å². The topological polar surface area (TPSA) is 108 Å². The summed E-state index contributed by atoms with van der Waals surface area (Å²) in [7, 11) is 0. The van der Waals surface area contributed by atoms with Gasteiger partial charge in [0.05, 0.1) is 10.5 Å². The first-order valence-electron chi connectivity index (χ1n) is 9.23. The maximum atomic E-state index is 13.0. The minimum Gasteiger partial charge on any atom is -0.486 e. The molecular weight excluding hydrogens is 424 g/mol. The number of nitro benzene ring substituents is 1. The summed E-state index contributed by atoms with van der Waals surface area (Å²) in [5.41, 5.74) is 0.370. The lowest BCUT2D eigenvalue weighted by Crippen LogP contribution is -2.18. The summed E-state index contributed by atoms with van der Waals surface area (Å²) >= 11 is 5.83. The summed E-state index contributed by atoms with van der Waals surface area (Å²) in [6.45, 7) is 0.867. The Kier molecular flexibility index (Phi) is 5.55. The van der Waals surface area contributed by atoms with Crippen molar-refractivity contribution in [3.8, 4) is 11.5 Å². The number of nitro groups is 1. The molecule has 4 rings (SSSR count). The molecule has 0 saturated carbocycles. The Morgan fingerprint density at radius 1 is 0.935 bits per heavy atom. The summed E-state index contributed by atoms with van der Waals surface area (Å²) in [5, 5.41) is 13.8. The van der Waals surface area contributed by atoms with Crippen molar-refractivity contribution in [2.75, 3.05) is 18.5 Å². The highest BCUT2D eigenvalue weighted by molar-refractivity contribution is 6.33. The van der Waals surface area contributed by atoms with Crippen LogP contribution in [-0.2, 0) is 0 Å². The van der Waals surface area contributed by atoms with Gasteiger partial charge in [-0.2, -0.15) is 0 Å². The van der Waals surface area contributed by atoms with E-state index in [4.69, 9.17) is 21.1 Å². The molecule has 0 spiro atoms. The highest BCUT2D eigenvalue weighted by Crippen LogP contribution is 2.33. The molecule has 0 atom stereocenters. The molecule has 8 nitrogen and oxygen atoms in total. The van der Waals surface area contributed by atoms with Crippen molar-refractivity contribution in [3.63, 3.8) is 0 Å². The highest BCUT2D eigenvalue weighted by atomic mass is 35.5. The number of hydrogen-bond acceptors (Lipinski definition) is 6. The van der Waals surface area contributed by atoms with E-state index >= 15 is 0 Å². The molecule has 3 aromatic rings. The van der Waals surface area contributed by atoms with Crippen LogP contribution in [0.4, 0.5) is 11.4 Å². The van der Waals surface area contributed by atoms with Crippen LogP contribution in [0.3, 0.4) is 0 Å². The molecule has 1 aliphatic rings. The van der Waals surface area contributed by atoms with Gasteiger partial charge in [0.2, 0.25) is 0 Å². The van der Waals surface area contributed by atoms with Gasteiger partial charge in [-0.3, -0.25) is 19.7 Å². The zero-order valence-electron chi connectivity index (χ0n) is 16.0. The second kappa shape index (κ2) is 8.45. The van der Waals surface area contributed by atoms with Gasteiger partial charge in [-0.25, -0.2) is 0 Å². The minimum absolute atomic E-state index is 0.0516. The molecule has 3 aromatic carbocycles. The third-order valence-electron chi connectivity index (χ3n) is 4.62. The molecule has 0 unspecified atom stereocenters. The average Bonchev–Trinajstić information content (AvgIpc) is 2.78. The standard InChI is InChI=1S/C22H15ClN2O6/c23-17-7-5-13(11-18(17)25(28)29)21(26)15-3-1-2-4-16(15)22(27)24-14-6-8-19-20(12-14)31-10-9-30-19/h1-8,11-12H,9-10H2,(H,24,27). The Morgan fingerprint density at radius 3 is 2.39 bits per heavy atom.